The van der Waals surface area contributed by atoms with Crippen LogP contribution in [0.4, 0.5) is 4.39 Å². The molecule has 0 aliphatic rings. The number of nitrogens with zero attached hydrogens (tertiary/aromatic N) is 2. The Balaban J connectivity index is 2.50. The van der Waals surface area contributed by atoms with Gasteiger partial charge in [0.05, 0.1) is 6.20 Å². The zero-order chi connectivity index (χ0) is 14.4. The van der Waals surface area contributed by atoms with Gasteiger partial charge in [0.25, 0.3) is 0 Å². The van der Waals surface area contributed by atoms with E-state index in [1.807, 2.05) is 14.0 Å². The van der Waals surface area contributed by atoms with Crippen molar-refractivity contribution in [1.29, 1.82) is 0 Å². The van der Waals surface area contributed by atoms with E-state index in [4.69, 9.17) is 0 Å². The molecule has 0 bridgehead atoms. The molecule has 19 heavy (non-hydrogen) atoms. The average molecular weight is 266 g/mol. The monoisotopic (exact) mass is 266 g/mol. The number of carbonyl (C=O) groups is 1. The second-order valence-corrected chi connectivity index (χ2v) is 5.57. The summed E-state index contributed by atoms with van der Waals surface area (Å²) in [5.74, 6) is 0.0806. The number of halogens is 1. The minimum atomic E-state index is -0.418. The summed E-state index contributed by atoms with van der Waals surface area (Å²) in [6.07, 6.45) is 2.20. The first-order valence-corrected chi connectivity index (χ1v) is 6.74. The summed E-state index contributed by atoms with van der Waals surface area (Å²) >= 11 is 0. The van der Waals surface area contributed by atoms with Crippen LogP contribution in [0.3, 0.4) is 0 Å². The van der Waals surface area contributed by atoms with Crippen molar-refractivity contribution in [1.82, 2.24) is 9.88 Å². The second kappa shape index (κ2) is 7.34. The van der Waals surface area contributed by atoms with E-state index in [1.165, 1.54) is 12.1 Å². The van der Waals surface area contributed by atoms with E-state index < -0.39 is 5.82 Å². The summed E-state index contributed by atoms with van der Waals surface area (Å²) in [5.41, 5.74) is 0.339. The normalized spacial score (nSPS) is 13.0. The number of hydrogen-bond acceptors (Lipinski definition) is 3. The molecular formula is C15H23FN2O. The van der Waals surface area contributed by atoms with Gasteiger partial charge < -0.3 is 4.90 Å². The number of pyridine rings is 1. The first kappa shape index (κ1) is 15.8. The maximum Gasteiger partial charge on any atom is 0.185 e. The first-order valence-electron chi connectivity index (χ1n) is 6.74. The zero-order valence-electron chi connectivity index (χ0n) is 12.2. The molecule has 3 nitrogen and oxygen atoms in total. The van der Waals surface area contributed by atoms with Crippen LogP contribution in [0.5, 0.6) is 0 Å². The summed E-state index contributed by atoms with van der Waals surface area (Å²) in [6.45, 7) is 7.94. The van der Waals surface area contributed by atoms with Crippen molar-refractivity contribution in [3.63, 3.8) is 0 Å². The number of ketones is 1. The number of aromatic nitrogens is 1. The number of carbonyl (C=O) groups excluding carboxylic acids is 1. The first-order chi connectivity index (χ1) is 8.90. The lowest BCUT2D eigenvalue weighted by molar-refractivity contribution is 0.0896. The number of rotatable bonds is 7. The third kappa shape index (κ3) is 5.47. The third-order valence-electron chi connectivity index (χ3n) is 3.10. The van der Waals surface area contributed by atoms with Crippen LogP contribution in [0.15, 0.2) is 18.3 Å². The van der Waals surface area contributed by atoms with Crippen molar-refractivity contribution in [2.75, 3.05) is 20.1 Å². The smallest absolute Gasteiger partial charge is 0.185 e. The fraction of sp³-hybridized carbons (Fsp3) is 0.600. The molecule has 0 saturated heterocycles. The predicted octanol–water partition coefficient (Wildman–Crippen LogP) is 3.02. The van der Waals surface area contributed by atoms with E-state index in [-0.39, 0.29) is 11.7 Å². The standard InChI is InChI=1S/C15H23FN2O/c1-11(2)7-8-18(4)10-12(3)15(19)14-6-5-13(16)9-17-14/h5-6,9,11-12H,7-8,10H2,1-4H3. The molecule has 1 rings (SSSR count). The van der Waals surface area contributed by atoms with Gasteiger partial charge in [-0.2, -0.15) is 0 Å². The van der Waals surface area contributed by atoms with E-state index in [0.717, 1.165) is 19.2 Å². The van der Waals surface area contributed by atoms with Gasteiger partial charge in [-0.3, -0.25) is 9.78 Å². The highest BCUT2D eigenvalue weighted by Crippen LogP contribution is 2.09. The van der Waals surface area contributed by atoms with E-state index in [2.05, 4.69) is 23.7 Å². The lowest BCUT2D eigenvalue weighted by atomic mass is 10.0. The molecule has 0 N–H and O–H groups in total. The van der Waals surface area contributed by atoms with Gasteiger partial charge in [-0.05, 0) is 38.1 Å². The van der Waals surface area contributed by atoms with Crippen molar-refractivity contribution in [2.24, 2.45) is 11.8 Å². The maximum absolute atomic E-state index is 12.8. The van der Waals surface area contributed by atoms with Gasteiger partial charge in [0.2, 0.25) is 0 Å². The Kier molecular flexibility index (Phi) is 6.09. The van der Waals surface area contributed by atoms with Gasteiger partial charge in [-0.25, -0.2) is 4.39 Å². The molecule has 0 amide bonds. The fourth-order valence-corrected chi connectivity index (χ4v) is 1.89. The zero-order valence-corrected chi connectivity index (χ0v) is 12.2. The molecule has 0 aliphatic carbocycles. The van der Waals surface area contributed by atoms with Crippen LogP contribution >= 0.6 is 0 Å². The Morgan fingerprint density at radius 1 is 1.37 bits per heavy atom. The minimum absolute atomic E-state index is 0.0311. The molecular weight excluding hydrogens is 243 g/mol. The average Bonchev–Trinajstić information content (AvgIpc) is 2.36. The highest BCUT2D eigenvalue weighted by molar-refractivity contribution is 5.95. The quantitative estimate of drug-likeness (QED) is 0.711. The molecule has 1 unspecified atom stereocenters. The van der Waals surface area contributed by atoms with Crippen LogP contribution in [-0.2, 0) is 0 Å². The number of Topliss-reactive ketones (excluding diaryl/α,β-unsaturated/α-hetero) is 1. The van der Waals surface area contributed by atoms with Gasteiger partial charge in [0, 0.05) is 12.5 Å². The lowest BCUT2D eigenvalue weighted by Crippen LogP contribution is -2.30. The van der Waals surface area contributed by atoms with Gasteiger partial charge in [0.1, 0.15) is 11.5 Å². The molecule has 0 fully saturated rings. The molecule has 106 valence electrons. The van der Waals surface area contributed by atoms with Crippen LogP contribution in [0.25, 0.3) is 0 Å². The summed E-state index contributed by atoms with van der Waals surface area (Å²) in [5, 5.41) is 0. The van der Waals surface area contributed by atoms with Crippen LogP contribution < -0.4 is 0 Å². The Hall–Kier alpha value is -1.29. The number of hydrogen-bond donors (Lipinski definition) is 0. The van der Waals surface area contributed by atoms with Crippen molar-refractivity contribution < 1.29 is 9.18 Å². The van der Waals surface area contributed by atoms with E-state index in [9.17, 15) is 9.18 Å². The summed E-state index contributed by atoms with van der Waals surface area (Å²) in [4.78, 5) is 18.1. The van der Waals surface area contributed by atoms with E-state index in [1.54, 1.807) is 0 Å². The SMILES string of the molecule is CC(C)CCN(C)CC(C)C(=O)c1ccc(F)cn1. The fourth-order valence-electron chi connectivity index (χ4n) is 1.89. The van der Waals surface area contributed by atoms with Crippen LogP contribution in [0.2, 0.25) is 0 Å². The summed E-state index contributed by atoms with van der Waals surface area (Å²) in [6, 6.07) is 2.72. The largest absolute Gasteiger partial charge is 0.306 e. The van der Waals surface area contributed by atoms with E-state index >= 15 is 0 Å². The van der Waals surface area contributed by atoms with Crippen LogP contribution in [-0.4, -0.2) is 35.8 Å². The highest BCUT2D eigenvalue weighted by Gasteiger charge is 2.18. The van der Waals surface area contributed by atoms with Gasteiger partial charge in [0.15, 0.2) is 5.78 Å². The molecule has 0 saturated carbocycles. The van der Waals surface area contributed by atoms with Crippen molar-refractivity contribution >= 4 is 5.78 Å². The van der Waals surface area contributed by atoms with Crippen LogP contribution in [0, 0.1) is 17.7 Å². The minimum Gasteiger partial charge on any atom is -0.306 e. The Morgan fingerprint density at radius 3 is 2.58 bits per heavy atom. The Bertz CT molecular complexity index is 403. The van der Waals surface area contributed by atoms with Crippen LogP contribution in [0.1, 0.15) is 37.7 Å². The van der Waals surface area contributed by atoms with Gasteiger partial charge in [-0.1, -0.05) is 20.8 Å². The highest BCUT2D eigenvalue weighted by atomic mass is 19.1. The molecule has 0 aliphatic heterocycles. The summed E-state index contributed by atoms with van der Waals surface area (Å²) < 4.78 is 12.8. The molecule has 0 radical (unpaired) electrons. The predicted molar refractivity (Wildman–Crippen MR) is 74.6 cm³/mol. The molecule has 0 spiro atoms. The van der Waals surface area contributed by atoms with Crippen molar-refractivity contribution in [2.45, 2.75) is 27.2 Å². The van der Waals surface area contributed by atoms with E-state index in [0.29, 0.717) is 18.2 Å². The Morgan fingerprint density at radius 2 is 2.05 bits per heavy atom. The Labute approximate surface area is 114 Å². The molecule has 1 aromatic heterocycles. The third-order valence-corrected chi connectivity index (χ3v) is 3.10. The molecule has 4 heteroatoms. The molecule has 0 aromatic carbocycles. The van der Waals surface area contributed by atoms with Gasteiger partial charge >= 0.3 is 0 Å². The lowest BCUT2D eigenvalue weighted by Gasteiger charge is -2.21. The topological polar surface area (TPSA) is 33.2 Å². The summed E-state index contributed by atoms with van der Waals surface area (Å²) in [7, 11) is 2.02. The van der Waals surface area contributed by atoms with Crippen molar-refractivity contribution in [3.8, 4) is 0 Å². The van der Waals surface area contributed by atoms with Gasteiger partial charge in [-0.15, -0.1) is 0 Å². The van der Waals surface area contributed by atoms with Crippen molar-refractivity contribution in [3.05, 3.63) is 29.8 Å². The second-order valence-electron chi connectivity index (χ2n) is 5.57. The molecule has 1 heterocycles. The molecule has 1 aromatic rings. The molecule has 1 atom stereocenters. The maximum atomic E-state index is 12.8.